The Hall–Kier alpha value is -3.76. The normalized spacial score (nSPS) is 19.0. The summed E-state index contributed by atoms with van der Waals surface area (Å²) in [4.78, 5) is 42.3. The van der Waals surface area contributed by atoms with Crippen LogP contribution in [0, 0.1) is 5.92 Å². The molecule has 0 radical (unpaired) electrons. The average molecular weight is 519 g/mol. The monoisotopic (exact) mass is 518 g/mol. The largest absolute Gasteiger partial charge is 0.489 e. The Labute approximate surface area is 212 Å². The van der Waals surface area contributed by atoms with Crippen LogP contribution in [-0.4, -0.2) is 60.6 Å². The second-order valence-corrected chi connectivity index (χ2v) is 9.10. The molecule has 1 aliphatic carbocycles. The summed E-state index contributed by atoms with van der Waals surface area (Å²) in [6, 6.07) is 6.96. The summed E-state index contributed by atoms with van der Waals surface area (Å²) < 4.78 is 46.1. The molecule has 1 amide bonds. The minimum Gasteiger partial charge on any atom is -0.489 e. The summed E-state index contributed by atoms with van der Waals surface area (Å²) in [7, 11) is 1.27. The Bertz CT molecular complexity index is 1140. The number of alkyl halides is 2. The molecular formula is C26H28F2N2O7. The Morgan fingerprint density at radius 3 is 2.54 bits per heavy atom. The van der Waals surface area contributed by atoms with Gasteiger partial charge in [0.2, 0.25) is 5.91 Å². The number of rotatable bonds is 10. The van der Waals surface area contributed by atoms with Crippen LogP contribution in [-0.2, 0) is 25.7 Å². The fraction of sp³-hybridized carbons (Fsp3) is 0.462. The highest BCUT2D eigenvalue weighted by molar-refractivity contribution is 5.88. The molecule has 9 nitrogen and oxygen atoms in total. The number of ether oxygens (including phenoxy) is 4. The predicted octanol–water partition coefficient (Wildman–Crippen LogP) is 3.71. The molecule has 1 aliphatic heterocycles. The van der Waals surface area contributed by atoms with Crippen LogP contribution in [0.25, 0.3) is 0 Å². The van der Waals surface area contributed by atoms with Crippen LogP contribution < -0.4 is 9.47 Å². The van der Waals surface area contributed by atoms with Crippen molar-refractivity contribution < 1.29 is 42.1 Å². The molecule has 1 aromatic heterocycles. The molecule has 1 saturated heterocycles. The standard InChI is InChI=1S/C26H28F2N2O7/c1-15(31)30-12-19(17-6-8-22(37-26(27)28)23(10-17)35-13-16-3-4-16)9-21(30)25(33)36-14-20-7-5-18(11-29-20)24(32)34-2/h5-8,10-11,16,19,21,26H,3-4,9,12-14H2,1-2H3/t19?,21-/m1/s1. The van der Waals surface area contributed by atoms with E-state index in [4.69, 9.17) is 9.47 Å². The lowest BCUT2D eigenvalue weighted by molar-refractivity contribution is -0.154. The van der Waals surface area contributed by atoms with Gasteiger partial charge in [0.15, 0.2) is 11.5 Å². The van der Waals surface area contributed by atoms with E-state index in [1.807, 2.05) is 0 Å². The minimum absolute atomic E-state index is 0.0532. The second kappa shape index (κ2) is 11.5. The Kier molecular flexibility index (Phi) is 8.20. The van der Waals surface area contributed by atoms with Gasteiger partial charge in [-0.1, -0.05) is 6.07 Å². The number of pyridine rings is 1. The summed E-state index contributed by atoms with van der Waals surface area (Å²) in [5.41, 5.74) is 1.44. The van der Waals surface area contributed by atoms with Gasteiger partial charge in [-0.2, -0.15) is 8.78 Å². The molecule has 2 fully saturated rings. The Morgan fingerprint density at radius 1 is 1.14 bits per heavy atom. The number of carbonyl (C=O) groups is 3. The Balaban J connectivity index is 1.44. The lowest BCUT2D eigenvalue weighted by Crippen LogP contribution is -2.40. The summed E-state index contributed by atoms with van der Waals surface area (Å²) in [6.07, 6.45) is 3.70. The molecule has 1 saturated carbocycles. The maximum absolute atomic E-state index is 12.9. The van der Waals surface area contributed by atoms with Crippen molar-refractivity contribution in [3.63, 3.8) is 0 Å². The third-order valence-electron chi connectivity index (χ3n) is 6.41. The number of hydrogen-bond donors (Lipinski definition) is 0. The van der Waals surface area contributed by atoms with Gasteiger partial charge >= 0.3 is 18.6 Å². The molecule has 1 unspecified atom stereocenters. The smallest absolute Gasteiger partial charge is 0.387 e. The van der Waals surface area contributed by atoms with Gasteiger partial charge in [0.25, 0.3) is 0 Å². The SMILES string of the molecule is COC(=O)c1ccc(COC(=O)[C@H]2CC(c3ccc(OC(F)F)c(OCC4CC4)c3)CN2C(C)=O)nc1. The fourth-order valence-electron chi connectivity index (χ4n) is 4.22. The van der Waals surface area contributed by atoms with Crippen molar-refractivity contribution in [2.75, 3.05) is 20.3 Å². The van der Waals surface area contributed by atoms with Gasteiger partial charge in [0.1, 0.15) is 12.6 Å². The zero-order valence-corrected chi connectivity index (χ0v) is 20.5. The highest BCUT2D eigenvalue weighted by atomic mass is 19.3. The molecule has 2 aromatic rings. The number of likely N-dealkylation sites (tertiary alicyclic amines) is 1. The number of esters is 2. The summed E-state index contributed by atoms with van der Waals surface area (Å²) in [5.74, 6) is -1.06. The van der Waals surface area contributed by atoms with E-state index >= 15 is 0 Å². The molecule has 0 bridgehead atoms. The van der Waals surface area contributed by atoms with E-state index in [0.717, 1.165) is 18.4 Å². The van der Waals surface area contributed by atoms with Crippen molar-refractivity contribution in [2.45, 2.75) is 51.4 Å². The highest BCUT2D eigenvalue weighted by Gasteiger charge is 2.40. The molecule has 0 spiro atoms. The first kappa shape index (κ1) is 26.3. The van der Waals surface area contributed by atoms with Gasteiger partial charge in [-0.15, -0.1) is 0 Å². The highest BCUT2D eigenvalue weighted by Crippen LogP contribution is 2.39. The minimum atomic E-state index is -2.99. The van der Waals surface area contributed by atoms with E-state index in [0.29, 0.717) is 24.6 Å². The number of halogens is 2. The molecule has 2 aliphatic rings. The van der Waals surface area contributed by atoms with Gasteiger partial charge in [-0.25, -0.2) is 9.59 Å². The van der Waals surface area contributed by atoms with E-state index in [2.05, 4.69) is 14.5 Å². The van der Waals surface area contributed by atoms with Crippen LogP contribution in [0.15, 0.2) is 36.5 Å². The third kappa shape index (κ3) is 6.72. The molecule has 198 valence electrons. The molecule has 0 N–H and O–H groups in total. The number of methoxy groups -OCH3 is 1. The fourth-order valence-corrected chi connectivity index (χ4v) is 4.22. The van der Waals surface area contributed by atoms with Crippen LogP contribution >= 0.6 is 0 Å². The second-order valence-electron chi connectivity index (χ2n) is 9.10. The Morgan fingerprint density at radius 2 is 1.92 bits per heavy atom. The zero-order chi connectivity index (χ0) is 26.5. The first-order valence-electron chi connectivity index (χ1n) is 11.9. The number of hydrogen-bond acceptors (Lipinski definition) is 8. The van der Waals surface area contributed by atoms with Crippen molar-refractivity contribution in [2.24, 2.45) is 5.92 Å². The van der Waals surface area contributed by atoms with Crippen LogP contribution in [0.4, 0.5) is 8.78 Å². The average Bonchev–Trinajstić information content (AvgIpc) is 3.61. The van der Waals surface area contributed by atoms with Crippen LogP contribution in [0.1, 0.15) is 53.7 Å². The zero-order valence-electron chi connectivity index (χ0n) is 20.5. The van der Waals surface area contributed by atoms with Gasteiger partial charge in [-0.05, 0) is 55.0 Å². The van der Waals surface area contributed by atoms with Gasteiger partial charge in [0.05, 0.1) is 25.0 Å². The molecular weight excluding hydrogens is 490 g/mol. The number of aromatic nitrogens is 1. The van der Waals surface area contributed by atoms with Gasteiger partial charge in [-0.3, -0.25) is 9.78 Å². The molecule has 37 heavy (non-hydrogen) atoms. The van der Waals surface area contributed by atoms with E-state index in [9.17, 15) is 23.2 Å². The third-order valence-corrected chi connectivity index (χ3v) is 6.41. The first-order valence-corrected chi connectivity index (χ1v) is 11.9. The van der Waals surface area contributed by atoms with Crippen molar-refractivity contribution in [1.82, 2.24) is 9.88 Å². The maximum Gasteiger partial charge on any atom is 0.387 e. The topological polar surface area (TPSA) is 104 Å². The molecule has 1 aromatic carbocycles. The van der Waals surface area contributed by atoms with Crippen molar-refractivity contribution in [3.8, 4) is 11.5 Å². The van der Waals surface area contributed by atoms with Crippen molar-refractivity contribution in [3.05, 3.63) is 53.3 Å². The quantitative estimate of drug-likeness (QED) is 0.439. The first-order chi connectivity index (χ1) is 17.7. The summed E-state index contributed by atoms with van der Waals surface area (Å²) in [5, 5.41) is 0. The lowest BCUT2D eigenvalue weighted by atomic mass is 9.96. The lowest BCUT2D eigenvalue weighted by Gasteiger charge is -2.21. The number of benzene rings is 1. The molecule has 2 atom stereocenters. The molecule has 2 heterocycles. The van der Waals surface area contributed by atoms with Crippen LogP contribution in [0.5, 0.6) is 11.5 Å². The molecule has 4 rings (SSSR count). The van der Waals surface area contributed by atoms with Crippen LogP contribution in [0.2, 0.25) is 0 Å². The van der Waals surface area contributed by atoms with E-state index < -0.39 is 24.6 Å². The number of amides is 1. The number of carbonyl (C=O) groups excluding carboxylic acids is 3. The predicted molar refractivity (Wildman–Crippen MR) is 125 cm³/mol. The number of nitrogens with zero attached hydrogens (tertiary/aromatic N) is 2. The molecule has 11 heteroatoms. The van der Waals surface area contributed by atoms with Crippen molar-refractivity contribution >= 4 is 17.8 Å². The van der Waals surface area contributed by atoms with E-state index in [-0.39, 0.29) is 42.0 Å². The van der Waals surface area contributed by atoms with Crippen LogP contribution in [0.3, 0.4) is 0 Å². The van der Waals surface area contributed by atoms with Crippen molar-refractivity contribution in [1.29, 1.82) is 0 Å². The maximum atomic E-state index is 12.9. The van der Waals surface area contributed by atoms with E-state index in [1.165, 1.54) is 37.3 Å². The van der Waals surface area contributed by atoms with Gasteiger partial charge in [0, 0.05) is 25.6 Å². The van der Waals surface area contributed by atoms with Gasteiger partial charge < -0.3 is 23.8 Å². The summed E-state index contributed by atoms with van der Waals surface area (Å²) in [6.45, 7) is -1.07. The van der Waals surface area contributed by atoms with E-state index in [1.54, 1.807) is 18.2 Å². The summed E-state index contributed by atoms with van der Waals surface area (Å²) >= 11 is 0.